The molecule has 0 bridgehead atoms. The quantitative estimate of drug-likeness (QED) is 0.733. The first-order valence-corrected chi connectivity index (χ1v) is 10.5. The summed E-state index contributed by atoms with van der Waals surface area (Å²) in [5, 5.41) is 0.475. The number of amides is 1. The Hall–Kier alpha value is -2.77. The molecule has 0 saturated carbocycles. The number of nitrogens with one attached hydrogen (secondary N) is 1. The summed E-state index contributed by atoms with van der Waals surface area (Å²) < 4.78 is 33.4. The minimum Gasteiger partial charge on any atom is -0.368 e. The van der Waals surface area contributed by atoms with E-state index < -0.39 is 22.0 Å². The molecule has 2 atom stereocenters. The molecule has 1 aromatic heterocycles. The van der Waals surface area contributed by atoms with Crippen LogP contribution >= 0.6 is 0 Å². The van der Waals surface area contributed by atoms with Gasteiger partial charge in [-0.2, -0.15) is 0 Å². The summed E-state index contributed by atoms with van der Waals surface area (Å²) in [6.07, 6.45) is -0.350. The molecule has 28 heavy (non-hydrogen) atoms. The number of aryl methyl sites for hydroxylation is 1. The van der Waals surface area contributed by atoms with E-state index in [-0.39, 0.29) is 10.8 Å². The number of carbonyl (C=O) groups is 1. The Balaban J connectivity index is 1.53. The molecule has 3 aromatic rings. The normalized spacial score (nSPS) is 19.6. The maximum Gasteiger partial charge on any atom is 0.264 e. The van der Waals surface area contributed by atoms with Gasteiger partial charge in [0, 0.05) is 17.0 Å². The Morgan fingerprint density at radius 3 is 2.64 bits per heavy atom. The van der Waals surface area contributed by atoms with E-state index in [2.05, 4.69) is 9.71 Å². The van der Waals surface area contributed by atoms with Gasteiger partial charge in [-0.25, -0.2) is 13.1 Å². The number of hydrogen-bond acceptors (Lipinski definition) is 5. The monoisotopic (exact) mass is 396 g/mol. The molecule has 1 fully saturated rings. The summed E-state index contributed by atoms with van der Waals surface area (Å²) in [7, 11) is -4.04. The first kappa shape index (κ1) is 18.6. The van der Waals surface area contributed by atoms with E-state index in [4.69, 9.17) is 4.74 Å². The first-order chi connectivity index (χ1) is 13.4. The van der Waals surface area contributed by atoms with Crippen LogP contribution in [0.2, 0.25) is 0 Å². The summed E-state index contributed by atoms with van der Waals surface area (Å²) in [4.78, 5) is 16.9. The Morgan fingerprint density at radius 1 is 1.07 bits per heavy atom. The van der Waals surface area contributed by atoms with Crippen molar-refractivity contribution in [2.24, 2.45) is 0 Å². The van der Waals surface area contributed by atoms with Gasteiger partial charge in [0.1, 0.15) is 6.10 Å². The molecular weight excluding hydrogens is 376 g/mol. The fraction of sp³-hybridized carbons (Fsp3) is 0.238. The highest BCUT2D eigenvalue weighted by Gasteiger charge is 2.34. The highest BCUT2D eigenvalue weighted by Crippen LogP contribution is 2.30. The molecule has 1 amide bonds. The van der Waals surface area contributed by atoms with Gasteiger partial charge in [-0.3, -0.25) is 9.78 Å². The van der Waals surface area contributed by atoms with Crippen molar-refractivity contribution in [3.8, 4) is 0 Å². The third-order valence-corrected chi connectivity index (χ3v) is 6.32. The van der Waals surface area contributed by atoms with Crippen LogP contribution in [0.4, 0.5) is 0 Å². The Morgan fingerprint density at radius 2 is 1.86 bits per heavy atom. The van der Waals surface area contributed by atoms with Gasteiger partial charge in [-0.05, 0) is 43.2 Å². The molecule has 144 valence electrons. The second-order valence-electron chi connectivity index (χ2n) is 6.91. The van der Waals surface area contributed by atoms with Crippen LogP contribution in [0, 0.1) is 6.92 Å². The third-order valence-electron chi connectivity index (χ3n) is 4.92. The third kappa shape index (κ3) is 3.63. The maximum atomic E-state index is 12.8. The molecule has 2 aromatic carbocycles. The molecular formula is C21H20N2O4S. The smallest absolute Gasteiger partial charge is 0.264 e. The van der Waals surface area contributed by atoms with E-state index in [9.17, 15) is 13.2 Å². The van der Waals surface area contributed by atoms with Crippen LogP contribution in [0.1, 0.15) is 23.6 Å². The Labute approximate surface area is 163 Å². The fourth-order valence-electron chi connectivity index (χ4n) is 3.48. The molecule has 4 rings (SSSR count). The summed E-state index contributed by atoms with van der Waals surface area (Å²) in [5.74, 6) is -0.570. The van der Waals surface area contributed by atoms with Gasteiger partial charge in [-0.15, -0.1) is 0 Å². The van der Waals surface area contributed by atoms with Crippen LogP contribution in [-0.2, 0) is 19.6 Å². The van der Waals surface area contributed by atoms with Crippen LogP contribution in [0.5, 0.6) is 0 Å². The standard InChI is InChI=1S/C21H20N2O4S/c1-14-10-11-17-18(22-14)8-5-9-20(17)28(25,26)23-21(24)19-12-16(13-27-19)15-6-3-2-4-7-15/h2-11,16,19H,12-13H2,1H3,(H,23,24). The lowest BCUT2D eigenvalue weighted by Gasteiger charge is -2.13. The van der Waals surface area contributed by atoms with Crippen LogP contribution in [0.25, 0.3) is 10.9 Å². The van der Waals surface area contributed by atoms with Crippen molar-refractivity contribution < 1.29 is 17.9 Å². The second-order valence-corrected chi connectivity index (χ2v) is 8.56. The number of carbonyl (C=O) groups excluding carboxylic acids is 1. The van der Waals surface area contributed by atoms with Crippen LogP contribution in [-0.4, -0.2) is 32.0 Å². The van der Waals surface area contributed by atoms with Gasteiger partial charge in [0.25, 0.3) is 15.9 Å². The molecule has 6 nitrogen and oxygen atoms in total. The molecule has 7 heteroatoms. The van der Waals surface area contributed by atoms with Gasteiger partial charge in [0.05, 0.1) is 17.0 Å². The zero-order valence-electron chi connectivity index (χ0n) is 15.3. The number of nitrogens with zero attached hydrogens (tertiary/aromatic N) is 1. The second kappa shape index (κ2) is 7.33. The molecule has 0 radical (unpaired) electrons. The summed E-state index contributed by atoms with van der Waals surface area (Å²) in [5.41, 5.74) is 2.44. The average Bonchev–Trinajstić information content (AvgIpc) is 3.18. The van der Waals surface area contributed by atoms with Crippen molar-refractivity contribution in [3.63, 3.8) is 0 Å². The maximum absolute atomic E-state index is 12.8. The van der Waals surface area contributed by atoms with Crippen LogP contribution in [0.15, 0.2) is 65.6 Å². The lowest BCUT2D eigenvalue weighted by Crippen LogP contribution is -2.38. The molecule has 2 unspecified atom stereocenters. The summed E-state index contributed by atoms with van der Waals surface area (Å²) in [6.45, 7) is 2.22. The number of sulfonamides is 1. The molecule has 0 spiro atoms. The zero-order chi connectivity index (χ0) is 19.7. The number of aromatic nitrogens is 1. The number of ether oxygens (including phenoxy) is 1. The Kier molecular flexibility index (Phi) is 4.87. The van der Waals surface area contributed by atoms with E-state index in [1.54, 1.807) is 24.3 Å². The highest BCUT2D eigenvalue weighted by atomic mass is 32.2. The van der Waals surface area contributed by atoms with Gasteiger partial charge in [0.15, 0.2) is 0 Å². The first-order valence-electron chi connectivity index (χ1n) is 9.03. The lowest BCUT2D eigenvalue weighted by atomic mass is 9.96. The molecule has 1 aliphatic rings. The molecule has 0 aliphatic carbocycles. The minimum atomic E-state index is -4.04. The topological polar surface area (TPSA) is 85.4 Å². The van der Waals surface area contributed by atoms with E-state index in [0.29, 0.717) is 23.9 Å². The SMILES string of the molecule is Cc1ccc2c(S(=O)(=O)NC(=O)C3CC(c4ccccc4)CO3)cccc2n1. The lowest BCUT2D eigenvalue weighted by molar-refractivity contribution is -0.128. The van der Waals surface area contributed by atoms with Crippen molar-refractivity contribution in [3.05, 3.63) is 71.9 Å². The predicted octanol–water partition coefficient (Wildman–Crippen LogP) is 2.92. The van der Waals surface area contributed by atoms with Gasteiger partial charge < -0.3 is 4.74 Å². The van der Waals surface area contributed by atoms with Gasteiger partial charge in [-0.1, -0.05) is 36.4 Å². The Bertz CT molecular complexity index is 1130. The van der Waals surface area contributed by atoms with Gasteiger partial charge in [0.2, 0.25) is 0 Å². The van der Waals surface area contributed by atoms with Crippen molar-refractivity contribution in [2.75, 3.05) is 6.61 Å². The largest absolute Gasteiger partial charge is 0.368 e. The number of hydrogen-bond donors (Lipinski definition) is 1. The summed E-state index contributed by atoms with van der Waals surface area (Å²) >= 11 is 0. The van der Waals surface area contributed by atoms with Crippen molar-refractivity contribution in [1.29, 1.82) is 0 Å². The van der Waals surface area contributed by atoms with Crippen molar-refractivity contribution >= 4 is 26.8 Å². The van der Waals surface area contributed by atoms with E-state index in [1.807, 2.05) is 37.3 Å². The van der Waals surface area contributed by atoms with Crippen molar-refractivity contribution in [1.82, 2.24) is 9.71 Å². The molecule has 1 saturated heterocycles. The predicted molar refractivity (Wildman–Crippen MR) is 105 cm³/mol. The number of fused-ring (bicyclic) bond motifs is 1. The minimum absolute atomic E-state index is 0.0310. The number of rotatable bonds is 4. The highest BCUT2D eigenvalue weighted by molar-refractivity contribution is 7.90. The molecule has 1 aliphatic heterocycles. The number of pyridine rings is 1. The molecule has 2 heterocycles. The molecule has 1 N–H and O–H groups in total. The van der Waals surface area contributed by atoms with E-state index >= 15 is 0 Å². The van der Waals surface area contributed by atoms with E-state index in [0.717, 1.165) is 11.3 Å². The summed E-state index contributed by atoms with van der Waals surface area (Å²) in [6, 6.07) is 18.0. The van der Waals surface area contributed by atoms with E-state index in [1.165, 1.54) is 6.07 Å². The van der Waals surface area contributed by atoms with Crippen LogP contribution < -0.4 is 4.72 Å². The zero-order valence-corrected chi connectivity index (χ0v) is 16.1. The van der Waals surface area contributed by atoms with Gasteiger partial charge >= 0.3 is 0 Å². The number of benzene rings is 2. The fourth-order valence-corrected chi connectivity index (χ4v) is 4.71. The van der Waals surface area contributed by atoms with Crippen LogP contribution in [0.3, 0.4) is 0 Å². The van der Waals surface area contributed by atoms with Crippen molar-refractivity contribution in [2.45, 2.75) is 30.3 Å². The average molecular weight is 396 g/mol.